The Balaban J connectivity index is 1.41. The summed E-state index contributed by atoms with van der Waals surface area (Å²) in [5.41, 5.74) is 1.79. The van der Waals surface area contributed by atoms with E-state index in [1.54, 1.807) is 6.33 Å². The molecule has 0 radical (unpaired) electrons. The number of hydrogen-bond donors (Lipinski definition) is 1. The van der Waals surface area contributed by atoms with Crippen molar-refractivity contribution in [1.82, 2.24) is 20.1 Å². The average Bonchev–Trinajstić information content (AvgIpc) is 2.99. The van der Waals surface area contributed by atoms with Gasteiger partial charge in [-0.3, -0.25) is 0 Å². The molecule has 4 rings (SSSR count). The Morgan fingerprint density at radius 3 is 2.82 bits per heavy atom. The summed E-state index contributed by atoms with van der Waals surface area (Å²) < 4.78 is 2.06. The molecule has 0 saturated heterocycles. The van der Waals surface area contributed by atoms with Crippen LogP contribution in [0.1, 0.15) is 44.0 Å². The van der Waals surface area contributed by atoms with E-state index in [4.69, 9.17) is 0 Å². The fourth-order valence-electron chi connectivity index (χ4n) is 4.12. The molecule has 0 unspecified atom stereocenters. The highest BCUT2D eigenvalue weighted by atomic mass is 15.3. The van der Waals surface area contributed by atoms with Crippen molar-refractivity contribution < 1.29 is 0 Å². The molecule has 1 aromatic carbocycles. The second kappa shape index (κ2) is 5.20. The highest BCUT2D eigenvalue weighted by molar-refractivity contribution is 5.27. The second-order valence-corrected chi connectivity index (χ2v) is 7.33. The van der Waals surface area contributed by atoms with Crippen molar-refractivity contribution in [1.29, 1.82) is 0 Å². The van der Waals surface area contributed by atoms with E-state index in [9.17, 15) is 0 Å². The predicted octanol–water partition coefficient (Wildman–Crippen LogP) is 2.76. The highest BCUT2D eigenvalue weighted by Gasteiger charge is 2.49. The van der Waals surface area contributed by atoms with Gasteiger partial charge in [0.2, 0.25) is 0 Å². The standard InChI is InChI=1S/C18H24N4/c1-18(2)15(13-6-4-3-5-7-13)10-16(18)21-14-8-9-17-19-12-20-22(17)11-14/h3-7,12,14-16,21H,8-11H2,1-2H3/t14-,15-,16-/m1/s1. The van der Waals surface area contributed by atoms with Crippen LogP contribution < -0.4 is 5.32 Å². The molecule has 1 fully saturated rings. The summed E-state index contributed by atoms with van der Waals surface area (Å²) >= 11 is 0. The summed E-state index contributed by atoms with van der Waals surface area (Å²) in [6.07, 6.45) is 5.11. The highest BCUT2D eigenvalue weighted by Crippen LogP contribution is 2.52. The summed E-state index contributed by atoms with van der Waals surface area (Å²) in [4.78, 5) is 4.31. The predicted molar refractivity (Wildman–Crippen MR) is 86.6 cm³/mol. The molecule has 2 heterocycles. The molecule has 1 saturated carbocycles. The molecule has 22 heavy (non-hydrogen) atoms. The molecule has 0 spiro atoms. The van der Waals surface area contributed by atoms with E-state index in [1.165, 1.54) is 18.4 Å². The van der Waals surface area contributed by atoms with Gasteiger partial charge in [0.05, 0.1) is 6.54 Å². The molecule has 0 bridgehead atoms. The minimum Gasteiger partial charge on any atom is -0.309 e. The Morgan fingerprint density at radius 2 is 2.05 bits per heavy atom. The van der Waals surface area contributed by atoms with Crippen LogP contribution >= 0.6 is 0 Å². The number of fused-ring (bicyclic) bond motifs is 1. The van der Waals surface area contributed by atoms with Gasteiger partial charge in [-0.2, -0.15) is 5.10 Å². The van der Waals surface area contributed by atoms with Crippen LogP contribution in [0.25, 0.3) is 0 Å². The topological polar surface area (TPSA) is 42.7 Å². The van der Waals surface area contributed by atoms with Crippen LogP contribution in [0.2, 0.25) is 0 Å². The first-order chi connectivity index (χ1) is 10.6. The molecule has 2 aromatic rings. The van der Waals surface area contributed by atoms with Crippen molar-refractivity contribution in [3.05, 3.63) is 48.0 Å². The molecule has 116 valence electrons. The third-order valence-electron chi connectivity index (χ3n) is 5.71. The lowest BCUT2D eigenvalue weighted by molar-refractivity contribution is 0.0548. The molecule has 0 amide bonds. The summed E-state index contributed by atoms with van der Waals surface area (Å²) in [7, 11) is 0. The number of rotatable bonds is 3. The van der Waals surface area contributed by atoms with E-state index in [-0.39, 0.29) is 0 Å². The maximum Gasteiger partial charge on any atom is 0.138 e. The van der Waals surface area contributed by atoms with Gasteiger partial charge in [-0.05, 0) is 29.7 Å². The minimum atomic E-state index is 0.310. The fourth-order valence-corrected chi connectivity index (χ4v) is 4.12. The summed E-state index contributed by atoms with van der Waals surface area (Å²) in [5.74, 6) is 1.80. The van der Waals surface area contributed by atoms with Crippen molar-refractivity contribution in [3.8, 4) is 0 Å². The first kappa shape index (κ1) is 13.9. The van der Waals surface area contributed by atoms with E-state index in [2.05, 4.69) is 64.3 Å². The minimum absolute atomic E-state index is 0.310. The van der Waals surface area contributed by atoms with Crippen molar-refractivity contribution >= 4 is 0 Å². The first-order valence-electron chi connectivity index (χ1n) is 8.32. The molecular formula is C18H24N4. The average molecular weight is 296 g/mol. The maximum absolute atomic E-state index is 4.32. The lowest BCUT2D eigenvalue weighted by Gasteiger charge is -2.54. The van der Waals surface area contributed by atoms with Crippen molar-refractivity contribution in [2.24, 2.45) is 5.41 Å². The van der Waals surface area contributed by atoms with Gasteiger partial charge in [-0.1, -0.05) is 44.2 Å². The van der Waals surface area contributed by atoms with Crippen LogP contribution in [0.3, 0.4) is 0 Å². The van der Waals surface area contributed by atoms with Gasteiger partial charge < -0.3 is 5.32 Å². The molecule has 1 aromatic heterocycles. The number of aryl methyl sites for hydroxylation is 1. The third-order valence-corrected chi connectivity index (χ3v) is 5.71. The summed E-state index contributed by atoms with van der Waals surface area (Å²) in [5, 5.41) is 8.21. The SMILES string of the molecule is CC1(C)[C@@H](c2ccccc2)C[C@H]1N[C@@H]1CCc2ncnn2C1. The lowest BCUT2D eigenvalue weighted by Crippen LogP contribution is -2.59. The Hall–Kier alpha value is -1.68. The normalized spacial score (nSPS) is 29.6. The molecule has 1 aliphatic heterocycles. The third kappa shape index (κ3) is 2.26. The van der Waals surface area contributed by atoms with Gasteiger partial charge >= 0.3 is 0 Å². The van der Waals surface area contributed by atoms with Gasteiger partial charge in [0.15, 0.2) is 0 Å². The Morgan fingerprint density at radius 1 is 1.23 bits per heavy atom. The lowest BCUT2D eigenvalue weighted by atomic mass is 9.56. The second-order valence-electron chi connectivity index (χ2n) is 7.33. The quantitative estimate of drug-likeness (QED) is 0.947. The summed E-state index contributed by atoms with van der Waals surface area (Å²) in [6, 6.07) is 12.1. The first-order valence-corrected chi connectivity index (χ1v) is 8.32. The zero-order chi connectivity index (χ0) is 15.2. The zero-order valence-corrected chi connectivity index (χ0v) is 13.4. The molecule has 2 aliphatic rings. The van der Waals surface area contributed by atoms with E-state index < -0.39 is 0 Å². The van der Waals surface area contributed by atoms with Crippen molar-refractivity contribution in [3.63, 3.8) is 0 Å². The Labute approximate surface area is 132 Å². The molecule has 1 N–H and O–H groups in total. The van der Waals surface area contributed by atoms with Crippen molar-refractivity contribution in [2.75, 3.05) is 0 Å². The summed E-state index contributed by atoms with van der Waals surface area (Å²) in [6.45, 7) is 5.75. The molecule has 4 heteroatoms. The van der Waals surface area contributed by atoms with E-state index >= 15 is 0 Å². The van der Waals surface area contributed by atoms with Gasteiger partial charge in [-0.25, -0.2) is 9.67 Å². The Kier molecular flexibility index (Phi) is 3.30. The monoisotopic (exact) mass is 296 g/mol. The van der Waals surface area contributed by atoms with Crippen LogP contribution in [-0.4, -0.2) is 26.8 Å². The molecule has 4 nitrogen and oxygen atoms in total. The fraction of sp³-hybridized carbons (Fsp3) is 0.556. The molecule has 3 atom stereocenters. The number of benzene rings is 1. The van der Waals surface area contributed by atoms with Crippen LogP contribution in [0, 0.1) is 5.41 Å². The van der Waals surface area contributed by atoms with Crippen LogP contribution in [0.5, 0.6) is 0 Å². The van der Waals surface area contributed by atoms with Gasteiger partial charge in [-0.15, -0.1) is 0 Å². The number of aromatic nitrogens is 3. The molecular weight excluding hydrogens is 272 g/mol. The van der Waals surface area contributed by atoms with Crippen LogP contribution in [0.15, 0.2) is 36.7 Å². The van der Waals surface area contributed by atoms with Gasteiger partial charge in [0, 0.05) is 18.5 Å². The van der Waals surface area contributed by atoms with E-state index in [0.29, 0.717) is 23.4 Å². The van der Waals surface area contributed by atoms with E-state index in [1.807, 2.05) is 0 Å². The van der Waals surface area contributed by atoms with E-state index in [0.717, 1.165) is 18.8 Å². The maximum atomic E-state index is 4.32. The smallest absolute Gasteiger partial charge is 0.138 e. The largest absolute Gasteiger partial charge is 0.309 e. The Bertz CT molecular complexity index is 646. The van der Waals surface area contributed by atoms with Crippen LogP contribution in [-0.2, 0) is 13.0 Å². The number of hydrogen-bond acceptors (Lipinski definition) is 3. The molecule has 1 aliphatic carbocycles. The number of nitrogens with one attached hydrogen (secondary N) is 1. The van der Waals surface area contributed by atoms with Crippen LogP contribution in [0.4, 0.5) is 0 Å². The van der Waals surface area contributed by atoms with Crippen molar-refractivity contribution in [2.45, 2.75) is 57.7 Å². The van der Waals surface area contributed by atoms with Gasteiger partial charge in [0.1, 0.15) is 12.2 Å². The zero-order valence-electron chi connectivity index (χ0n) is 13.4. The van der Waals surface area contributed by atoms with Gasteiger partial charge in [0.25, 0.3) is 0 Å². The number of nitrogens with zero attached hydrogens (tertiary/aromatic N) is 3.